The van der Waals surface area contributed by atoms with Gasteiger partial charge in [0.15, 0.2) is 6.10 Å². The maximum absolute atomic E-state index is 16.2. The van der Waals surface area contributed by atoms with Gasteiger partial charge in [-0.2, -0.15) is 0 Å². The molecule has 344 valence electrons. The van der Waals surface area contributed by atoms with Crippen LogP contribution in [-0.2, 0) is 35.2 Å². The van der Waals surface area contributed by atoms with Gasteiger partial charge in [-0.3, -0.25) is 24.6 Å². The molecule has 0 bridgehead atoms. The van der Waals surface area contributed by atoms with Crippen molar-refractivity contribution in [3.05, 3.63) is 255 Å². The maximum atomic E-state index is 16.2. The van der Waals surface area contributed by atoms with Crippen molar-refractivity contribution in [1.29, 1.82) is 0 Å². The number of thiazole rings is 1. The summed E-state index contributed by atoms with van der Waals surface area (Å²) in [6, 6.07) is 65.3. The van der Waals surface area contributed by atoms with E-state index >= 15 is 9.59 Å². The molecule has 69 heavy (non-hydrogen) atoms. The van der Waals surface area contributed by atoms with Crippen molar-refractivity contribution in [2.75, 3.05) is 0 Å². The standard InChI is InChI=1S/C56H46N3O7PS2/c1-39-57-49(38-68-39)51(66-40(2)60)50-52(61)58(54(50)69-56(42-21-9-3-10-22-42,43-23-11-4-12-24-43)44-25-13-5-14-26-44)53(55(62)65-37-41-33-35-45(36-34-41)59(63)64)67(46-27-15-6-16-28-46,47-29-17-7-18-30-47)48-31-19-8-20-32-48/h3-36,38,50-51,54H,37H2,1-2H3. The number of likely N-dealkylation sites (tertiary alicyclic amines) is 1. The molecule has 1 fully saturated rings. The van der Waals surface area contributed by atoms with Gasteiger partial charge in [-0.05, 0) is 57.2 Å². The molecule has 3 atom stereocenters. The topological polar surface area (TPSA) is 129 Å². The molecule has 1 aliphatic heterocycles. The zero-order chi connectivity index (χ0) is 48.0. The summed E-state index contributed by atoms with van der Waals surface area (Å²) < 4.78 is 11.6. The summed E-state index contributed by atoms with van der Waals surface area (Å²) >= 11 is 2.88. The van der Waals surface area contributed by atoms with E-state index in [0.717, 1.165) is 37.6 Å². The van der Waals surface area contributed by atoms with E-state index in [1.807, 2.05) is 158 Å². The van der Waals surface area contributed by atoms with Crippen molar-refractivity contribution in [2.24, 2.45) is 5.92 Å². The Morgan fingerprint density at radius 3 is 1.54 bits per heavy atom. The predicted octanol–water partition coefficient (Wildman–Crippen LogP) is 10.3. The average molecular weight is 968 g/mol. The van der Waals surface area contributed by atoms with E-state index in [9.17, 15) is 14.9 Å². The molecule has 2 heterocycles. The van der Waals surface area contributed by atoms with E-state index in [4.69, 9.17) is 14.5 Å². The lowest BCUT2D eigenvalue weighted by Crippen LogP contribution is -2.67. The number of thioether (sulfide) groups is 1. The largest absolute Gasteiger partial charge is 0.456 e. The SMILES string of the molecule is CC(=O)OC(c1csc(C)n1)C1C(=O)N(C(C(=O)OCc2ccc([N+](=O)[O-])cc2)=P(c2ccccc2)(c2ccccc2)c2ccccc2)C1SC(c1ccccc1)(c1ccccc1)c1ccccc1. The highest BCUT2D eigenvalue weighted by Gasteiger charge is 2.61. The minimum Gasteiger partial charge on any atom is -0.456 e. The van der Waals surface area contributed by atoms with Crippen molar-refractivity contribution in [1.82, 2.24) is 9.88 Å². The molecule has 1 aromatic heterocycles. The number of β-lactam (4-membered cyclic amide) rings is 1. The van der Waals surface area contributed by atoms with Gasteiger partial charge in [0.2, 0.25) is 5.91 Å². The Balaban J connectivity index is 1.38. The number of nitrogens with zero attached hydrogens (tertiary/aromatic N) is 3. The first-order chi connectivity index (χ1) is 33.6. The summed E-state index contributed by atoms with van der Waals surface area (Å²) in [6.45, 7) is -0.541. The second-order valence-corrected chi connectivity index (χ2v) is 22.1. The molecule has 1 aliphatic rings. The van der Waals surface area contributed by atoms with Crippen molar-refractivity contribution >= 4 is 74.8 Å². The van der Waals surface area contributed by atoms with Gasteiger partial charge in [-0.15, -0.1) is 23.1 Å². The summed E-state index contributed by atoms with van der Waals surface area (Å²) in [5, 5.41) is 15.6. The zero-order valence-electron chi connectivity index (χ0n) is 37.6. The number of carbonyl (C=O) groups excluding carboxylic acids is 3. The van der Waals surface area contributed by atoms with Crippen LogP contribution in [0, 0.1) is 23.0 Å². The molecule has 3 unspecified atom stereocenters. The lowest BCUT2D eigenvalue weighted by atomic mass is 9.84. The third-order valence-electron chi connectivity index (χ3n) is 12.1. The number of amides is 1. The zero-order valence-corrected chi connectivity index (χ0v) is 40.1. The molecule has 1 amide bonds. The summed E-state index contributed by atoms with van der Waals surface area (Å²) in [4.78, 5) is 63.0. The number of nitro groups is 1. The third kappa shape index (κ3) is 9.06. The normalized spacial score (nSPS) is 15.1. The van der Waals surface area contributed by atoms with Gasteiger partial charge >= 0.3 is 11.9 Å². The number of esters is 2. The number of rotatable bonds is 16. The molecule has 0 saturated carbocycles. The lowest BCUT2D eigenvalue weighted by molar-refractivity contribution is -0.384. The van der Waals surface area contributed by atoms with Crippen LogP contribution in [0.3, 0.4) is 0 Å². The van der Waals surface area contributed by atoms with Crippen LogP contribution in [-0.4, -0.2) is 43.4 Å². The fourth-order valence-electron chi connectivity index (χ4n) is 9.12. The highest BCUT2D eigenvalue weighted by molar-refractivity contribution is 8.01. The molecular formula is C56H46N3O7PS2. The van der Waals surface area contributed by atoms with E-state index in [2.05, 4.69) is 36.4 Å². The molecule has 9 rings (SSSR count). The van der Waals surface area contributed by atoms with Crippen LogP contribution in [0.15, 0.2) is 212 Å². The molecule has 10 nitrogen and oxygen atoms in total. The molecule has 13 heteroatoms. The van der Waals surface area contributed by atoms with Crippen molar-refractivity contribution in [3.8, 4) is 0 Å². The summed E-state index contributed by atoms with van der Waals surface area (Å²) in [5.41, 5.74) is 3.70. The first-order valence-corrected chi connectivity index (χ1v) is 25.8. The number of ether oxygens (including phenoxy) is 2. The van der Waals surface area contributed by atoms with Gasteiger partial charge in [0.05, 0.1) is 20.4 Å². The van der Waals surface area contributed by atoms with Gasteiger partial charge in [0.1, 0.15) is 23.3 Å². The van der Waals surface area contributed by atoms with E-state index in [0.29, 0.717) is 11.3 Å². The third-order valence-corrected chi connectivity index (χ3v) is 19.0. The quantitative estimate of drug-likeness (QED) is 0.0232. The number of carbonyl (C=O) groups is 3. The Morgan fingerprint density at radius 1 is 0.710 bits per heavy atom. The molecule has 0 radical (unpaired) electrons. The number of benzene rings is 7. The van der Waals surface area contributed by atoms with Crippen LogP contribution >= 0.6 is 30.0 Å². The van der Waals surface area contributed by atoms with Crippen LogP contribution in [0.2, 0.25) is 0 Å². The molecule has 0 N–H and O–H groups in total. The molecule has 1 saturated heterocycles. The number of nitro benzene ring substituents is 1. The fraction of sp³-hybridized carbons (Fsp3) is 0.125. The van der Waals surface area contributed by atoms with E-state index < -0.39 is 51.8 Å². The molecular weight excluding hydrogens is 922 g/mol. The number of aryl methyl sites for hydroxylation is 1. The van der Waals surface area contributed by atoms with Crippen molar-refractivity contribution in [3.63, 3.8) is 0 Å². The Labute approximate surface area is 408 Å². The van der Waals surface area contributed by atoms with Gasteiger partial charge < -0.3 is 9.47 Å². The fourth-order valence-corrected chi connectivity index (χ4v) is 16.1. The van der Waals surface area contributed by atoms with Crippen LogP contribution in [0.1, 0.15) is 46.0 Å². The first-order valence-electron chi connectivity index (χ1n) is 22.2. The van der Waals surface area contributed by atoms with Crippen LogP contribution in [0.5, 0.6) is 0 Å². The average Bonchev–Trinajstić information content (AvgIpc) is 3.84. The molecule has 0 aliphatic carbocycles. The van der Waals surface area contributed by atoms with Crippen LogP contribution in [0.25, 0.3) is 0 Å². The number of hydrogen-bond acceptors (Lipinski definition) is 10. The predicted molar refractivity (Wildman–Crippen MR) is 275 cm³/mol. The van der Waals surface area contributed by atoms with E-state index in [1.165, 1.54) is 42.2 Å². The molecule has 0 spiro atoms. The number of aromatic nitrogens is 1. The summed E-state index contributed by atoms with van der Waals surface area (Å²) in [5.74, 6) is -2.86. The van der Waals surface area contributed by atoms with Crippen LogP contribution < -0.4 is 15.9 Å². The highest BCUT2D eigenvalue weighted by Crippen LogP contribution is 2.59. The molecule has 8 aromatic rings. The Hall–Kier alpha value is -7.37. The lowest BCUT2D eigenvalue weighted by Gasteiger charge is -2.53. The Morgan fingerprint density at radius 2 is 1.14 bits per heavy atom. The van der Waals surface area contributed by atoms with E-state index in [1.54, 1.807) is 17.0 Å². The van der Waals surface area contributed by atoms with Crippen molar-refractivity contribution < 1.29 is 28.8 Å². The second kappa shape index (κ2) is 20.5. The Bertz CT molecular complexity index is 2940. The van der Waals surface area contributed by atoms with Crippen molar-refractivity contribution in [2.45, 2.75) is 36.7 Å². The smallest absolute Gasteiger partial charge is 0.356 e. The van der Waals surface area contributed by atoms with Gasteiger partial charge in [0.25, 0.3) is 5.69 Å². The monoisotopic (exact) mass is 967 g/mol. The minimum absolute atomic E-state index is 0.104. The first kappa shape index (κ1) is 46.7. The van der Waals surface area contributed by atoms with Gasteiger partial charge in [0, 0.05) is 31.3 Å². The Kier molecular flexibility index (Phi) is 13.9. The van der Waals surface area contributed by atoms with Gasteiger partial charge in [-0.25, -0.2) is 9.78 Å². The highest BCUT2D eigenvalue weighted by atomic mass is 32.2. The second-order valence-electron chi connectivity index (χ2n) is 16.3. The number of non-ortho nitro benzene ring substituents is 1. The minimum atomic E-state index is -3.47. The summed E-state index contributed by atoms with van der Waals surface area (Å²) in [6.07, 6.45) is -1.14. The van der Waals surface area contributed by atoms with Gasteiger partial charge in [-0.1, -0.05) is 182 Å². The van der Waals surface area contributed by atoms with Crippen LogP contribution in [0.4, 0.5) is 5.69 Å². The van der Waals surface area contributed by atoms with E-state index in [-0.39, 0.29) is 17.7 Å². The number of hydrogen-bond donors (Lipinski definition) is 0. The maximum Gasteiger partial charge on any atom is 0.356 e. The summed E-state index contributed by atoms with van der Waals surface area (Å²) in [7, 11) is 0. The molecule has 7 aromatic carbocycles.